The zero-order chi connectivity index (χ0) is 18.3. The van der Waals surface area contributed by atoms with E-state index < -0.39 is 9.84 Å². The summed E-state index contributed by atoms with van der Waals surface area (Å²) in [6.07, 6.45) is 7.29. The molecule has 0 atom stereocenters. The Balaban J connectivity index is 0.00000338. The number of sulfone groups is 1. The molecule has 0 aromatic heterocycles. The van der Waals surface area contributed by atoms with E-state index in [1.807, 2.05) is 0 Å². The molecule has 148 valence electrons. The van der Waals surface area contributed by atoms with E-state index >= 15 is 0 Å². The van der Waals surface area contributed by atoms with Crippen LogP contribution in [0.2, 0.25) is 0 Å². The molecule has 8 heteroatoms. The van der Waals surface area contributed by atoms with Crippen LogP contribution in [0.4, 0.5) is 0 Å². The summed E-state index contributed by atoms with van der Waals surface area (Å²) in [5.74, 6) is 0.758. The second kappa shape index (κ2) is 10.8. The Morgan fingerprint density at radius 1 is 1.23 bits per heavy atom. The maximum Gasteiger partial charge on any atom is 0.191 e. The number of hydrogen-bond acceptors (Lipinski definition) is 3. The molecule has 0 bridgehead atoms. The van der Waals surface area contributed by atoms with Crippen molar-refractivity contribution in [1.82, 2.24) is 10.6 Å². The summed E-state index contributed by atoms with van der Waals surface area (Å²) in [4.78, 5) is 4.22. The average Bonchev–Trinajstić information content (AvgIpc) is 2.58. The van der Waals surface area contributed by atoms with Crippen LogP contribution in [0.3, 0.4) is 0 Å². The summed E-state index contributed by atoms with van der Waals surface area (Å²) in [6, 6.07) is 8.57. The predicted molar refractivity (Wildman–Crippen MR) is 123 cm³/mol. The third-order valence-corrected chi connectivity index (χ3v) is 6.27. The van der Waals surface area contributed by atoms with E-state index in [1.54, 1.807) is 7.05 Å². The van der Waals surface area contributed by atoms with Crippen LogP contribution < -0.4 is 10.6 Å². The number of nitrogens with one attached hydrogen (secondary N) is 2. The predicted octanol–water partition coefficient (Wildman–Crippen LogP) is 3.48. The highest BCUT2D eigenvalue weighted by molar-refractivity contribution is 14.0. The van der Waals surface area contributed by atoms with Crippen molar-refractivity contribution in [3.05, 3.63) is 34.3 Å². The topological polar surface area (TPSA) is 70.6 Å². The van der Waals surface area contributed by atoms with Crippen molar-refractivity contribution < 1.29 is 8.42 Å². The van der Waals surface area contributed by atoms with E-state index in [-0.39, 0.29) is 35.1 Å². The molecule has 2 rings (SSSR count). The lowest BCUT2D eigenvalue weighted by atomic mass is 9.69. The smallest absolute Gasteiger partial charge is 0.191 e. The Labute approximate surface area is 182 Å². The molecule has 2 N–H and O–H groups in total. The highest BCUT2D eigenvalue weighted by Gasteiger charge is 2.34. The SMILES string of the molecule is CN=C(NCCS(C)(=O)=O)NCC1(c2cccc(Br)c2)CCCCC1.I. The highest BCUT2D eigenvalue weighted by Crippen LogP contribution is 2.39. The zero-order valence-corrected chi connectivity index (χ0v) is 20.2. The number of benzene rings is 1. The molecule has 1 fully saturated rings. The maximum absolute atomic E-state index is 11.3. The van der Waals surface area contributed by atoms with Crippen molar-refractivity contribution in [1.29, 1.82) is 0 Å². The molecule has 1 aromatic rings. The molecule has 5 nitrogen and oxygen atoms in total. The number of rotatable bonds is 6. The summed E-state index contributed by atoms with van der Waals surface area (Å²) in [7, 11) is -1.26. The van der Waals surface area contributed by atoms with Gasteiger partial charge in [-0.1, -0.05) is 47.3 Å². The fourth-order valence-corrected chi connectivity index (χ4v) is 4.31. The molecule has 0 saturated heterocycles. The molecule has 0 amide bonds. The summed E-state index contributed by atoms with van der Waals surface area (Å²) in [6.45, 7) is 1.16. The van der Waals surface area contributed by atoms with Crippen LogP contribution in [-0.2, 0) is 15.3 Å². The Kier molecular flexibility index (Phi) is 9.88. The van der Waals surface area contributed by atoms with Crippen LogP contribution in [0.25, 0.3) is 0 Å². The van der Waals surface area contributed by atoms with E-state index in [4.69, 9.17) is 0 Å². The number of guanidine groups is 1. The monoisotopic (exact) mass is 557 g/mol. The lowest BCUT2D eigenvalue weighted by Gasteiger charge is -2.38. The molecule has 0 radical (unpaired) electrons. The number of hydrogen-bond donors (Lipinski definition) is 2. The lowest BCUT2D eigenvalue weighted by molar-refractivity contribution is 0.291. The summed E-state index contributed by atoms with van der Waals surface area (Å²) in [5.41, 5.74) is 1.44. The molecule has 1 aromatic carbocycles. The van der Waals surface area contributed by atoms with Crippen LogP contribution in [0.1, 0.15) is 37.7 Å². The van der Waals surface area contributed by atoms with Gasteiger partial charge in [0.1, 0.15) is 9.84 Å². The van der Waals surface area contributed by atoms with E-state index in [2.05, 4.69) is 55.8 Å². The van der Waals surface area contributed by atoms with Gasteiger partial charge in [0.15, 0.2) is 5.96 Å². The van der Waals surface area contributed by atoms with Gasteiger partial charge in [-0.25, -0.2) is 8.42 Å². The molecule has 1 aliphatic rings. The second-order valence-electron chi connectivity index (χ2n) is 6.83. The molecule has 0 spiro atoms. The first-order chi connectivity index (χ1) is 11.8. The molecule has 1 saturated carbocycles. The second-order valence-corrected chi connectivity index (χ2v) is 10.0. The molecular weight excluding hydrogens is 529 g/mol. The number of aliphatic imine (C=N–C) groups is 1. The first kappa shape index (κ1) is 23.7. The summed E-state index contributed by atoms with van der Waals surface area (Å²) < 4.78 is 23.6. The summed E-state index contributed by atoms with van der Waals surface area (Å²) >= 11 is 3.59. The van der Waals surface area contributed by atoms with E-state index in [9.17, 15) is 8.42 Å². The van der Waals surface area contributed by atoms with Crippen LogP contribution in [0.15, 0.2) is 33.7 Å². The molecule has 1 aliphatic carbocycles. The Hall–Kier alpha value is -0.350. The van der Waals surface area contributed by atoms with Gasteiger partial charge >= 0.3 is 0 Å². The van der Waals surface area contributed by atoms with E-state index in [1.165, 1.54) is 31.1 Å². The van der Waals surface area contributed by atoms with Gasteiger partial charge in [0.2, 0.25) is 0 Å². The molecule has 0 heterocycles. The molecule has 0 aliphatic heterocycles. The average molecular weight is 558 g/mol. The molecular formula is C18H29BrIN3O2S. The van der Waals surface area contributed by atoms with E-state index in [0.717, 1.165) is 23.9 Å². The van der Waals surface area contributed by atoms with Crippen molar-refractivity contribution >= 4 is 55.7 Å². The Bertz CT molecular complexity index is 704. The van der Waals surface area contributed by atoms with Crippen LogP contribution >= 0.6 is 39.9 Å². The van der Waals surface area contributed by atoms with Crippen LogP contribution in [0, 0.1) is 0 Å². The third kappa shape index (κ3) is 7.34. The largest absolute Gasteiger partial charge is 0.356 e. The quantitative estimate of drug-likeness (QED) is 0.319. The van der Waals surface area contributed by atoms with Crippen molar-refractivity contribution in [2.45, 2.75) is 37.5 Å². The van der Waals surface area contributed by atoms with Crippen molar-refractivity contribution in [3.8, 4) is 0 Å². The van der Waals surface area contributed by atoms with E-state index in [0.29, 0.717) is 12.5 Å². The standard InChI is InChI=1S/C18H28BrN3O2S.HI/c1-20-17(21-11-12-25(2,23)24)22-14-18(9-4-3-5-10-18)15-7-6-8-16(19)13-15;/h6-8,13H,3-5,9-12,14H2,1-2H3,(H2,20,21,22);1H. The lowest BCUT2D eigenvalue weighted by Crippen LogP contribution is -2.47. The van der Waals surface area contributed by atoms with Crippen molar-refractivity contribution in [3.63, 3.8) is 0 Å². The highest BCUT2D eigenvalue weighted by atomic mass is 127. The minimum Gasteiger partial charge on any atom is -0.356 e. The Morgan fingerprint density at radius 3 is 2.50 bits per heavy atom. The van der Waals surface area contributed by atoms with Crippen molar-refractivity contribution in [2.24, 2.45) is 4.99 Å². The van der Waals surface area contributed by atoms with Gasteiger partial charge in [-0.15, -0.1) is 24.0 Å². The van der Waals surface area contributed by atoms with Gasteiger partial charge in [0, 0.05) is 36.3 Å². The Morgan fingerprint density at radius 2 is 1.92 bits per heavy atom. The summed E-state index contributed by atoms with van der Waals surface area (Å²) in [5, 5.41) is 6.51. The van der Waals surface area contributed by atoms with Gasteiger partial charge in [-0.05, 0) is 30.5 Å². The normalized spacial score (nSPS) is 17.3. The van der Waals surface area contributed by atoms with Crippen molar-refractivity contribution in [2.75, 3.05) is 32.1 Å². The molecule has 26 heavy (non-hydrogen) atoms. The van der Waals surface area contributed by atoms with Gasteiger partial charge < -0.3 is 10.6 Å². The minimum absolute atomic E-state index is 0. The first-order valence-electron chi connectivity index (χ1n) is 8.73. The van der Waals surface area contributed by atoms with Gasteiger partial charge in [0.05, 0.1) is 5.75 Å². The van der Waals surface area contributed by atoms with Gasteiger partial charge in [-0.2, -0.15) is 0 Å². The van der Waals surface area contributed by atoms with Crippen LogP contribution in [-0.4, -0.2) is 46.5 Å². The number of nitrogens with zero attached hydrogens (tertiary/aromatic N) is 1. The maximum atomic E-state index is 11.3. The zero-order valence-electron chi connectivity index (χ0n) is 15.4. The van der Waals surface area contributed by atoms with Gasteiger partial charge in [0.25, 0.3) is 0 Å². The number of halogens is 2. The molecule has 0 unspecified atom stereocenters. The first-order valence-corrected chi connectivity index (χ1v) is 11.6. The van der Waals surface area contributed by atoms with Gasteiger partial charge in [-0.3, -0.25) is 4.99 Å². The third-order valence-electron chi connectivity index (χ3n) is 4.83. The fourth-order valence-electron chi connectivity index (χ4n) is 3.44. The minimum atomic E-state index is -2.97. The fraction of sp³-hybridized carbons (Fsp3) is 0.611. The van der Waals surface area contributed by atoms with Crippen LogP contribution in [0.5, 0.6) is 0 Å².